The van der Waals surface area contributed by atoms with E-state index in [1.54, 1.807) is 11.3 Å². The van der Waals surface area contributed by atoms with Crippen LogP contribution in [0.25, 0.3) is 0 Å². The van der Waals surface area contributed by atoms with E-state index in [0.29, 0.717) is 12.0 Å². The molecular formula is C15H16BrF2NS. The number of hydrogen-bond acceptors (Lipinski definition) is 2. The minimum atomic E-state index is -0.400. The van der Waals surface area contributed by atoms with Crippen LogP contribution in [0.15, 0.2) is 34.1 Å². The van der Waals surface area contributed by atoms with Crippen LogP contribution in [-0.2, 0) is 6.42 Å². The molecule has 0 spiro atoms. The summed E-state index contributed by atoms with van der Waals surface area (Å²) in [5.74, 6) is -0.756. The summed E-state index contributed by atoms with van der Waals surface area (Å²) >= 11 is 5.04. The molecule has 1 aromatic carbocycles. The summed E-state index contributed by atoms with van der Waals surface area (Å²) in [5, 5.41) is 5.39. The molecule has 20 heavy (non-hydrogen) atoms. The number of nitrogens with one attached hydrogen (secondary N) is 1. The quantitative estimate of drug-likeness (QED) is 0.758. The third-order valence-electron chi connectivity index (χ3n) is 3.00. The standard InChI is InChI=1S/C15H16BrF2NS/c1-2-5-19-14(15-8-11(16)9-20-15)7-10-6-12(17)3-4-13(10)18/h3-4,6,8-9,14,19H,2,5,7H2,1H3. The molecule has 1 N–H and O–H groups in total. The average Bonchev–Trinajstić information content (AvgIpc) is 2.85. The molecule has 0 aliphatic rings. The molecule has 0 bridgehead atoms. The van der Waals surface area contributed by atoms with Gasteiger partial charge in [0.15, 0.2) is 0 Å². The van der Waals surface area contributed by atoms with Crippen LogP contribution in [0.3, 0.4) is 0 Å². The van der Waals surface area contributed by atoms with Gasteiger partial charge in [-0.3, -0.25) is 0 Å². The van der Waals surface area contributed by atoms with Gasteiger partial charge in [-0.1, -0.05) is 6.92 Å². The summed E-state index contributed by atoms with van der Waals surface area (Å²) in [6.45, 7) is 2.92. The van der Waals surface area contributed by atoms with Crippen molar-refractivity contribution in [3.63, 3.8) is 0 Å². The Hall–Kier alpha value is -0.780. The van der Waals surface area contributed by atoms with E-state index >= 15 is 0 Å². The molecule has 1 aromatic heterocycles. The second-order valence-corrected chi connectivity index (χ2v) is 6.47. The van der Waals surface area contributed by atoms with Gasteiger partial charge in [0.2, 0.25) is 0 Å². The number of halogens is 3. The Bertz CT molecular complexity index is 571. The van der Waals surface area contributed by atoms with E-state index in [1.165, 1.54) is 12.1 Å². The lowest BCUT2D eigenvalue weighted by Crippen LogP contribution is -2.23. The van der Waals surface area contributed by atoms with Gasteiger partial charge < -0.3 is 5.32 Å². The largest absolute Gasteiger partial charge is 0.309 e. The fourth-order valence-electron chi connectivity index (χ4n) is 2.02. The summed E-state index contributed by atoms with van der Waals surface area (Å²) in [5.41, 5.74) is 0.406. The zero-order valence-electron chi connectivity index (χ0n) is 11.1. The normalized spacial score (nSPS) is 12.6. The first-order valence-electron chi connectivity index (χ1n) is 6.51. The molecule has 0 amide bonds. The Kier molecular flexibility index (Phi) is 5.69. The highest BCUT2D eigenvalue weighted by Gasteiger charge is 2.16. The lowest BCUT2D eigenvalue weighted by atomic mass is 10.0. The molecule has 1 heterocycles. The highest BCUT2D eigenvalue weighted by atomic mass is 79.9. The van der Waals surface area contributed by atoms with Gasteiger partial charge in [0.1, 0.15) is 11.6 Å². The first kappa shape index (κ1) is 15.6. The lowest BCUT2D eigenvalue weighted by Gasteiger charge is -2.17. The minimum absolute atomic E-state index is 0.00236. The highest BCUT2D eigenvalue weighted by Crippen LogP contribution is 2.28. The molecule has 0 radical (unpaired) electrons. The Morgan fingerprint density at radius 1 is 1.30 bits per heavy atom. The number of hydrogen-bond donors (Lipinski definition) is 1. The fraction of sp³-hybridized carbons (Fsp3) is 0.333. The number of benzene rings is 1. The minimum Gasteiger partial charge on any atom is -0.309 e. The van der Waals surface area contributed by atoms with Crippen molar-refractivity contribution in [3.05, 3.63) is 56.2 Å². The fourth-order valence-corrected chi connectivity index (χ4v) is 3.54. The third-order valence-corrected chi connectivity index (χ3v) is 4.81. The summed E-state index contributed by atoms with van der Waals surface area (Å²) in [6.07, 6.45) is 1.44. The summed E-state index contributed by atoms with van der Waals surface area (Å²) in [7, 11) is 0. The zero-order valence-corrected chi connectivity index (χ0v) is 13.5. The summed E-state index contributed by atoms with van der Waals surface area (Å²) in [6, 6.07) is 5.64. The van der Waals surface area contributed by atoms with Gasteiger partial charge in [0.25, 0.3) is 0 Å². The Morgan fingerprint density at radius 3 is 2.75 bits per heavy atom. The van der Waals surface area contributed by atoms with Crippen LogP contribution in [0.5, 0.6) is 0 Å². The molecule has 1 unspecified atom stereocenters. The van der Waals surface area contributed by atoms with Gasteiger partial charge in [-0.15, -0.1) is 11.3 Å². The van der Waals surface area contributed by atoms with Crippen molar-refractivity contribution in [2.75, 3.05) is 6.54 Å². The Labute approximate surface area is 130 Å². The van der Waals surface area contributed by atoms with Gasteiger partial charge in [0, 0.05) is 20.8 Å². The molecule has 2 aromatic rings. The zero-order chi connectivity index (χ0) is 14.5. The maximum absolute atomic E-state index is 13.8. The van der Waals surface area contributed by atoms with Crippen molar-refractivity contribution >= 4 is 27.3 Å². The first-order chi connectivity index (χ1) is 9.60. The van der Waals surface area contributed by atoms with Gasteiger partial charge in [0.05, 0.1) is 0 Å². The van der Waals surface area contributed by atoms with Crippen LogP contribution in [0.4, 0.5) is 8.78 Å². The summed E-state index contributed by atoms with van der Waals surface area (Å²) < 4.78 is 28.1. The predicted octanol–water partition coefficient (Wildman–Crippen LogP) is 5.07. The molecule has 0 fully saturated rings. The van der Waals surface area contributed by atoms with Gasteiger partial charge in [-0.25, -0.2) is 8.78 Å². The van der Waals surface area contributed by atoms with Crippen LogP contribution in [0.2, 0.25) is 0 Å². The second-order valence-electron chi connectivity index (χ2n) is 4.61. The SMILES string of the molecule is CCCNC(Cc1cc(F)ccc1F)c1cc(Br)cs1. The van der Waals surface area contributed by atoms with E-state index in [4.69, 9.17) is 0 Å². The molecule has 0 aliphatic carbocycles. The van der Waals surface area contributed by atoms with Crippen LogP contribution in [0, 0.1) is 11.6 Å². The van der Waals surface area contributed by atoms with E-state index in [9.17, 15) is 8.78 Å². The van der Waals surface area contributed by atoms with Crippen LogP contribution in [-0.4, -0.2) is 6.54 Å². The van der Waals surface area contributed by atoms with Crippen molar-refractivity contribution in [1.29, 1.82) is 0 Å². The highest BCUT2D eigenvalue weighted by molar-refractivity contribution is 9.10. The van der Waals surface area contributed by atoms with Crippen LogP contribution >= 0.6 is 27.3 Å². The van der Waals surface area contributed by atoms with Crippen LogP contribution in [0.1, 0.15) is 29.8 Å². The maximum Gasteiger partial charge on any atom is 0.126 e. The number of thiophene rings is 1. The van der Waals surface area contributed by atoms with E-state index in [0.717, 1.165) is 28.4 Å². The van der Waals surface area contributed by atoms with Gasteiger partial charge >= 0.3 is 0 Å². The molecule has 2 rings (SSSR count). The van der Waals surface area contributed by atoms with Crippen molar-refractivity contribution < 1.29 is 8.78 Å². The van der Waals surface area contributed by atoms with Crippen molar-refractivity contribution in [2.24, 2.45) is 0 Å². The van der Waals surface area contributed by atoms with E-state index in [-0.39, 0.29) is 11.9 Å². The third kappa shape index (κ3) is 4.11. The Balaban J connectivity index is 2.21. The maximum atomic E-state index is 13.8. The molecule has 5 heteroatoms. The lowest BCUT2D eigenvalue weighted by molar-refractivity contribution is 0.514. The topological polar surface area (TPSA) is 12.0 Å². The molecule has 108 valence electrons. The van der Waals surface area contributed by atoms with Gasteiger partial charge in [-0.05, 0) is 65.1 Å². The molecular weight excluding hydrogens is 344 g/mol. The average molecular weight is 360 g/mol. The van der Waals surface area contributed by atoms with Crippen LogP contribution < -0.4 is 5.32 Å². The smallest absolute Gasteiger partial charge is 0.126 e. The molecule has 0 saturated carbocycles. The predicted molar refractivity (Wildman–Crippen MR) is 83.1 cm³/mol. The molecule has 0 aliphatic heterocycles. The van der Waals surface area contributed by atoms with E-state index < -0.39 is 5.82 Å². The van der Waals surface area contributed by atoms with E-state index in [2.05, 4.69) is 28.2 Å². The molecule has 1 atom stereocenters. The summed E-state index contributed by atoms with van der Waals surface area (Å²) in [4.78, 5) is 1.12. The molecule has 1 nitrogen and oxygen atoms in total. The Morgan fingerprint density at radius 2 is 2.10 bits per heavy atom. The van der Waals surface area contributed by atoms with Crippen molar-refractivity contribution in [2.45, 2.75) is 25.8 Å². The van der Waals surface area contributed by atoms with Crippen molar-refractivity contribution in [1.82, 2.24) is 5.32 Å². The van der Waals surface area contributed by atoms with Gasteiger partial charge in [-0.2, -0.15) is 0 Å². The second kappa shape index (κ2) is 7.29. The number of rotatable bonds is 6. The first-order valence-corrected chi connectivity index (χ1v) is 8.18. The monoisotopic (exact) mass is 359 g/mol. The van der Waals surface area contributed by atoms with E-state index in [1.807, 2.05) is 11.4 Å². The molecule has 0 saturated heterocycles. The van der Waals surface area contributed by atoms with Crippen molar-refractivity contribution in [3.8, 4) is 0 Å².